The summed E-state index contributed by atoms with van der Waals surface area (Å²) in [6, 6.07) is 0. The predicted molar refractivity (Wildman–Crippen MR) is 59.5 cm³/mol. The molecule has 0 bridgehead atoms. The van der Waals surface area contributed by atoms with Crippen molar-refractivity contribution in [2.45, 2.75) is 0 Å². The van der Waals surface area contributed by atoms with Crippen LogP contribution in [0.15, 0.2) is 0 Å². The summed E-state index contributed by atoms with van der Waals surface area (Å²) in [5.74, 6) is 0. The standard InChI is InChI=1S/C8H17N5S/c1-11-2-4-12(5-3-11)13-6-9-8(14)10-7-13/h2-7H2,1H3,(H2,9,10,14). The second-order valence-corrected chi connectivity index (χ2v) is 4.17. The first-order valence-electron chi connectivity index (χ1n) is 4.96. The van der Waals surface area contributed by atoms with Gasteiger partial charge < -0.3 is 15.5 Å². The Hall–Kier alpha value is -0.430. The molecule has 2 aliphatic heterocycles. The van der Waals surface area contributed by atoms with Crippen LogP contribution in [0.4, 0.5) is 0 Å². The van der Waals surface area contributed by atoms with Crippen LogP contribution in [0.1, 0.15) is 0 Å². The lowest BCUT2D eigenvalue weighted by molar-refractivity contribution is -0.0628. The fourth-order valence-electron chi connectivity index (χ4n) is 1.72. The van der Waals surface area contributed by atoms with Gasteiger partial charge in [-0.1, -0.05) is 0 Å². The van der Waals surface area contributed by atoms with Gasteiger partial charge in [-0.05, 0) is 19.3 Å². The summed E-state index contributed by atoms with van der Waals surface area (Å²) in [6.45, 7) is 6.15. The van der Waals surface area contributed by atoms with Crippen molar-refractivity contribution >= 4 is 17.3 Å². The van der Waals surface area contributed by atoms with Crippen molar-refractivity contribution < 1.29 is 0 Å². The highest BCUT2D eigenvalue weighted by molar-refractivity contribution is 7.80. The predicted octanol–water partition coefficient (Wildman–Crippen LogP) is -1.16. The Balaban J connectivity index is 1.81. The third-order valence-corrected chi connectivity index (χ3v) is 3.01. The number of hydrogen-bond acceptors (Lipinski definition) is 4. The molecule has 2 saturated heterocycles. The van der Waals surface area contributed by atoms with E-state index in [1.165, 1.54) is 0 Å². The van der Waals surface area contributed by atoms with E-state index in [4.69, 9.17) is 12.2 Å². The molecule has 0 aromatic heterocycles. The van der Waals surface area contributed by atoms with Crippen LogP contribution < -0.4 is 10.6 Å². The quantitative estimate of drug-likeness (QED) is 0.537. The number of nitrogens with one attached hydrogen (secondary N) is 2. The van der Waals surface area contributed by atoms with E-state index in [9.17, 15) is 0 Å². The molecule has 0 aromatic rings. The first-order chi connectivity index (χ1) is 6.75. The van der Waals surface area contributed by atoms with Crippen LogP contribution in [0, 0.1) is 0 Å². The van der Waals surface area contributed by atoms with Crippen molar-refractivity contribution in [1.82, 2.24) is 25.6 Å². The number of hydrazine groups is 1. The minimum Gasteiger partial charge on any atom is -0.349 e. The highest BCUT2D eigenvalue weighted by Crippen LogP contribution is 2.03. The molecule has 5 nitrogen and oxygen atoms in total. The number of likely N-dealkylation sites (N-methyl/N-ethyl adjacent to an activating group) is 1. The van der Waals surface area contributed by atoms with Gasteiger partial charge in [0, 0.05) is 26.2 Å². The summed E-state index contributed by atoms with van der Waals surface area (Å²) in [5.41, 5.74) is 0. The summed E-state index contributed by atoms with van der Waals surface area (Å²) in [5, 5.41) is 11.7. The highest BCUT2D eigenvalue weighted by Gasteiger charge is 2.22. The maximum atomic E-state index is 5.00. The second-order valence-electron chi connectivity index (χ2n) is 3.76. The smallest absolute Gasteiger partial charge is 0.168 e. The molecule has 0 saturated carbocycles. The van der Waals surface area contributed by atoms with Crippen molar-refractivity contribution in [2.75, 3.05) is 46.6 Å². The van der Waals surface area contributed by atoms with Gasteiger partial charge >= 0.3 is 0 Å². The summed E-state index contributed by atoms with van der Waals surface area (Å²) in [7, 11) is 2.17. The van der Waals surface area contributed by atoms with Gasteiger partial charge in [-0.25, -0.2) is 10.0 Å². The molecule has 2 heterocycles. The molecule has 2 rings (SSSR count). The summed E-state index contributed by atoms with van der Waals surface area (Å²) in [6.07, 6.45) is 0. The minimum atomic E-state index is 0.760. The largest absolute Gasteiger partial charge is 0.349 e. The SMILES string of the molecule is CN1CCN(N2CNC(=S)NC2)CC1. The number of nitrogens with zero attached hydrogens (tertiary/aromatic N) is 3. The zero-order chi connectivity index (χ0) is 9.97. The van der Waals surface area contributed by atoms with E-state index in [0.717, 1.165) is 44.6 Å². The topological polar surface area (TPSA) is 33.8 Å². The van der Waals surface area contributed by atoms with Crippen molar-refractivity contribution in [3.63, 3.8) is 0 Å². The molecular weight excluding hydrogens is 198 g/mol. The second kappa shape index (κ2) is 4.39. The van der Waals surface area contributed by atoms with Crippen LogP contribution in [0.5, 0.6) is 0 Å². The Morgan fingerprint density at radius 1 is 1.00 bits per heavy atom. The molecule has 2 N–H and O–H groups in total. The third-order valence-electron chi connectivity index (χ3n) is 2.72. The summed E-state index contributed by atoms with van der Waals surface area (Å²) >= 11 is 5.00. The van der Waals surface area contributed by atoms with Crippen LogP contribution in [-0.2, 0) is 0 Å². The van der Waals surface area contributed by atoms with E-state index >= 15 is 0 Å². The van der Waals surface area contributed by atoms with Crippen molar-refractivity contribution in [3.05, 3.63) is 0 Å². The molecule has 0 atom stereocenters. The third kappa shape index (κ3) is 2.33. The van der Waals surface area contributed by atoms with Gasteiger partial charge in [-0.3, -0.25) is 0 Å². The highest BCUT2D eigenvalue weighted by atomic mass is 32.1. The number of rotatable bonds is 1. The molecule has 0 unspecified atom stereocenters. The molecule has 2 aliphatic rings. The molecule has 80 valence electrons. The summed E-state index contributed by atoms with van der Waals surface area (Å²) < 4.78 is 0. The van der Waals surface area contributed by atoms with Gasteiger partial charge in [0.25, 0.3) is 0 Å². The van der Waals surface area contributed by atoms with E-state index in [1.54, 1.807) is 0 Å². The van der Waals surface area contributed by atoms with Gasteiger partial charge in [0.15, 0.2) is 5.11 Å². The molecular formula is C8H17N5S. The van der Waals surface area contributed by atoms with Crippen molar-refractivity contribution in [3.8, 4) is 0 Å². The van der Waals surface area contributed by atoms with Crippen molar-refractivity contribution in [2.24, 2.45) is 0 Å². The Labute approximate surface area is 90.0 Å². The Kier molecular flexibility index (Phi) is 3.17. The maximum Gasteiger partial charge on any atom is 0.168 e. The van der Waals surface area contributed by atoms with Crippen LogP contribution in [0.25, 0.3) is 0 Å². The maximum absolute atomic E-state index is 5.00. The molecule has 0 aliphatic carbocycles. The normalized spacial score (nSPS) is 27.1. The number of thiocarbonyl (C=S) groups is 1. The number of piperazine rings is 1. The molecule has 0 spiro atoms. The molecule has 2 fully saturated rings. The Morgan fingerprint density at radius 3 is 2.14 bits per heavy atom. The Bertz CT molecular complexity index is 204. The van der Waals surface area contributed by atoms with Crippen molar-refractivity contribution in [1.29, 1.82) is 0 Å². The van der Waals surface area contributed by atoms with Gasteiger partial charge in [0.2, 0.25) is 0 Å². The first kappa shape index (κ1) is 10.1. The average molecular weight is 215 g/mol. The van der Waals surface area contributed by atoms with Crippen LogP contribution >= 0.6 is 12.2 Å². The van der Waals surface area contributed by atoms with E-state index in [2.05, 4.69) is 32.6 Å². The van der Waals surface area contributed by atoms with Crippen LogP contribution in [0.2, 0.25) is 0 Å². The summed E-state index contributed by atoms with van der Waals surface area (Å²) in [4.78, 5) is 2.35. The van der Waals surface area contributed by atoms with E-state index in [1.807, 2.05) is 0 Å². The monoisotopic (exact) mass is 215 g/mol. The Morgan fingerprint density at radius 2 is 1.57 bits per heavy atom. The van der Waals surface area contributed by atoms with Gasteiger partial charge in [0.05, 0.1) is 13.3 Å². The zero-order valence-corrected chi connectivity index (χ0v) is 9.31. The fourth-order valence-corrected chi connectivity index (χ4v) is 1.85. The van der Waals surface area contributed by atoms with Crippen LogP contribution in [-0.4, -0.2) is 66.6 Å². The van der Waals surface area contributed by atoms with E-state index in [0.29, 0.717) is 0 Å². The van der Waals surface area contributed by atoms with Gasteiger partial charge in [-0.2, -0.15) is 0 Å². The van der Waals surface area contributed by atoms with Crippen LogP contribution in [0.3, 0.4) is 0 Å². The average Bonchev–Trinajstić information content (AvgIpc) is 2.21. The lowest BCUT2D eigenvalue weighted by atomic mass is 10.4. The van der Waals surface area contributed by atoms with E-state index < -0.39 is 0 Å². The minimum absolute atomic E-state index is 0.760. The molecule has 0 aromatic carbocycles. The van der Waals surface area contributed by atoms with Gasteiger partial charge in [0.1, 0.15) is 0 Å². The molecule has 6 heteroatoms. The molecule has 0 radical (unpaired) electrons. The first-order valence-corrected chi connectivity index (χ1v) is 5.36. The van der Waals surface area contributed by atoms with Gasteiger partial charge in [-0.15, -0.1) is 0 Å². The lowest BCUT2D eigenvalue weighted by Gasteiger charge is -2.42. The fraction of sp³-hybridized carbons (Fsp3) is 0.875. The molecule has 14 heavy (non-hydrogen) atoms. The molecule has 0 amide bonds. The van der Waals surface area contributed by atoms with E-state index in [-0.39, 0.29) is 0 Å². The number of hydrogen-bond donors (Lipinski definition) is 2. The zero-order valence-electron chi connectivity index (χ0n) is 8.49. The lowest BCUT2D eigenvalue weighted by Crippen LogP contribution is -2.62.